The summed E-state index contributed by atoms with van der Waals surface area (Å²) in [5, 5.41) is 15.1. The van der Waals surface area contributed by atoms with Gasteiger partial charge in [-0.25, -0.2) is 9.97 Å². The van der Waals surface area contributed by atoms with Crippen molar-refractivity contribution in [1.82, 2.24) is 9.97 Å². The van der Waals surface area contributed by atoms with Gasteiger partial charge in [0, 0.05) is 33.0 Å². The second-order valence-electron chi connectivity index (χ2n) is 9.69. The molecular weight excluding hydrogens is 561 g/mol. The van der Waals surface area contributed by atoms with Gasteiger partial charge in [-0.15, -0.1) is 22.7 Å². The van der Waals surface area contributed by atoms with E-state index in [2.05, 4.69) is 69.1 Å². The molecular formula is C34H22N4O2S2. The van der Waals surface area contributed by atoms with Crippen LogP contribution in [0, 0.1) is 0 Å². The lowest BCUT2D eigenvalue weighted by molar-refractivity contribution is 0.102. The van der Waals surface area contributed by atoms with Crippen LogP contribution in [0.5, 0.6) is 0 Å². The van der Waals surface area contributed by atoms with Crippen LogP contribution in [-0.4, -0.2) is 21.8 Å². The Bertz CT molecular complexity index is 1970. The average Bonchev–Trinajstić information content (AvgIpc) is 3.70. The number of nitrogens with one attached hydrogen (secondary N) is 2. The quantitative estimate of drug-likeness (QED) is 0.205. The van der Waals surface area contributed by atoms with Gasteiger partial charge in [0.2, 0.25) is 0 Å². The van der Waals surface area contributed by atoms with Crippen LogP contribution in [0.25, 0.3) is 44.1 Å². The van der Waals surface area contributed by atoms with E-state index in [9.17, 15) is 9.59 Å². The van der Waals surface area contributed by atoms with Crippen molar-refractivity contribution in [2.45, 2.75) is 0 Å². The molecule has 0 atom stereocenters. The molecule has 7 aromatic rings. The Kier molecular flexibility index (Phi) is 6.75. The summed E-state index contributed by atoms with van der Waals surface area (Å²) in [5.41, 5.74) is 4.27. The maximum absolute atomic E-state index is 13.0. The fourth-order valence-electron chi connectivity index (χ4n) is 4.77. The predicted octanol–water partition coefficient (Wildman–Crippen LogP) is 8.74. The molecule has 0 saturated heterocycles. The number of anilines is 2. The number of amides is 2. The van der Waals surface area contributed by atoms with E-state index in [4.69, 9.17) is 0 Å². The van der Waals surface area contributed by atoms with Gasteiger partial charge in [0.25, 0.3) is 11.8 Å². The molecule has 7 rings (SSSR count). The lowest BCUT2D eigenvalue weighted by Gasteiger charge is -2.06. The zero-order chi connectivity index (χ0) is 28.5. The van der Waals surface area contributed by atoms with Crippen molar-refractivity contribution in [2.24, 2.45) is 0 Å². The van der Waals surface area contributed by atoms with Gasteiger partial charge >= 0.3 is 0 Å². The molecule has 0 saturated carbocycles. The van der Waals surface area contributed by atoms with Crippen molar-refractivity contribution in [3.05, 3.63) is 131 Å². The van der Waals surface area contributed by atoms with Crippen molar-refractivity contribution in [3.63, 3.8) is 0 Å². The minimum absolute atomic E-state index is 0.336. The molecule has 0 fully saturated rings. The van der Waals surface area contributed by atoms with Crippen LogP contribution in [0.1, 0.15) is 20.7 Å². The van der Waals surface area contributed by atoms with E-state index in [0.717, 1.165) is 44.1 Å². The van der Waals surface area contributed by atoms with Crippen LogP contribution in [0.3, 0.4) is 0 Å². The third kappa shape index (κ3) is 5.28. The Labute approximate surface area is 249 Å². The Morgan fingerprint density at radius 3 is 1.43 bits per heavy atom. The lowest BCUT2D eigenvalue weighted by Crippen LogP contribution is -2.15. The van der Waals surface area contributed by atoms with Crippen molar-refractivity contribution in [3.8, 4) is 22.5 Å². The molecule has 42 heavy (non-hydrogen) atoms. The summed E-state index contributed by atoms with van der Waals surface area (Å²) in [5.74, 6) is -0.672. The molecule has 2 N–H and O–H groups in total. The van der Waals surface area contributed by atoms with Crippen LogP contribution in [-0.2, 0) is 0 Å². The summed E-state index contributed by atoms with van der Waals surface area (Å²) < 4.78 is 0. The third-order valence-electron chi connectivity index (χ3n) is 6.93. The van der Waals surface area contributed by atoms with Gasteiger partial charge in [-0.1, -0.05) is 78.9 Å². The van der Waals surface area contributed by atoms with Crippen molar-refractivity contribution >= 4 is 66.3 Å². The van der Waals surface area contributed by atoms with Gasteiger partial charge in [0.1, 0.15) is 0 Å². The lowest BCUT2D eigenvalue weighted by atomic mass is 10.1. The standard InChI is InChI=1S/C34H22N4O2S2/c39-31(37-33-35-29(19-41-33)25-14-12-21-6-1-3-8-23(21)16-25)27-10-5-11-28(18-27)32(40)38-34-36-30(20-42-34)26-15-13-22-7-2-4-9-24(22)17-26/h1-20H,(H,35,37,39)(H,36,38,40). The van der Waals surface area contributed by atoms with Crippen molar-refractivity contribution < 1.29 is 9.59 Å². The molecule has 5 aromatic carbocycles. The number of hydrogen-bond donors (Lipinski definition) is 2. The molecule has 0 aliphatic carbocycles. The fraction of sp³-hybridized carbons (Fsp3) is 0. The third-order valence-corrected chi connectivity index (χ3v) is 8.44. The van der Waals surface area contributed by atoms with E-state index in [0.29, 0.717) is 21.4 Å². The number of carbonyl (C=O) groups is 2. The summed E-state index contributed by atoms with van der Waals surface area (Å²) in [6.07, 6.45) is 0. The Hall–Kier alpha value is -5.18. The number of nitrogens with zero attached hydrogens (tertiary/aromatic N) is 2. The van der Waals surface area contributed by atoms with Crippen LogP contribution in [0.2, 0.25) is 0 Å². The molecule has 0 radical (unpaired) electrons. The highest BCUT2D eigenvalue weighted by molar-refractivity contribution is 7.14. The number of thiazole rings is 2. The molecule has 8 heteroatoms. The van der Waals surface area contributed by atoms with Crippen LogP contribution in [0.15, 0.2) is 120 Å². The summed E-state index contributed by atoms with van der Waals surface area (Å²) in [4.78, 5) is 35.3. The van der Waals surface area contributed by atoms with E-state index < -0.39 is 0 Å². The second kappa shape index (κ2) is 11.0. The van der Waals surface area contributed by atoms with Gasteiger partial charge in [0.15, 0.2) is 10.3 Å². The summed E-state index contributed by atoms with van der Waals surface area (Å²) in [6, 6.07) is 35.3. The minimum atomic E-state index is -0.336. The van der Waals surface area contributed by atoms with Gasteiger partial charge < -0.3 is 0 Å². The highest BCUT2D eigenvalue weighted by Crippen LogP contribution is 2.29. The van der Waals surface area contributed by atoms with Crippen molar-refractivity contribution in [2.75, 3.05) is 10.6 Å². The van der Waals surface area contributed by atoms with E-state index in [-0.39, 0.29) is 11.8 Å². The molecule has 202 valence electrons. The molecule has 2 aromatic heterocycles. The molecule has 2 amide bonds. The first-order valence-electron chi connectivity index (χ1n) is 13.2. The minimum Gasteiger partial charge on any atom is -0.298 e. The maximum Gasteiger partial charge on any atom is 0.257 e. The SMILES string of the molecule is O=C(Nc1nc(-c2ccc3ccccc3c2)cs1)c1cccc(C(=O)Nc2nc(-c3ccc4ccccc4c3)cs2)c1. The maximum atomic E-state index is 13.0. The van der Waals surface area contributed by atoms with E-state index in [1.165, 1.54) is 22.7 Å². The molecule has 0 aliphatic rings. The zero-order valence-electron chi connectivity index (χ0n) is 22.1. The Balaban J connectivity index is 1.03. The smallest absolute Gasteiger partial charge is 0.257 e. The number of benzene rings is 5. The number of carbonyl (C=O) groups excluding carboxylic acids is 2. The van der Waals surface area contributed by atoms with Gasteiger partial charge in [-0.2, -0.15) is 0 Å². The number of fused-ring (bicyclic) bond motifs is 2. The molecule has 0 spiro atoms. The molecule has 0 unspecified atom stereocenters. The number of aromatic nitrogens is 2. The Morgan fingerprint density at radius 1 is 0.500 bits per heavy atom. The van der Waals surface area contributed by atoms with Gasteiger partial charge in [-0.3, -0.25) is 20.2 Å². The molecule has 6 nitrogen and oxygen atoms in total. The zero-order valence-corrected chi connectivity index (χ0v) is 23.7. The van der Waals surface area contributed by atoms with E-state index >= 15 is 0 Å². The molecule has 2 heterocycles. The largest absolute Gasteiger partial charge is 0.298 e. The second-order valence-corrected chi connectivity index (χ2v) is 11.4. The average molecular weight is 583 g/mol. The van der Waals surface area contributed by atoms with E-state index in [1.54, 1.807) is 24.3 Å². The van der Waals surface area contributed by atoms with Gasteiger partial charge in [-0.05, 0) is 51.9 Å². The first kappa shape index (κ1) is 25.8. The highest BCUT2D eigenvalue weighted by Gasteiger charge is 2.15. The Morgan fingerprint density at radius 2 is 0.952 bits per heavy atom. The highest BCUT2D eigenvalue weighted by atomic mass is 32.1. The molecule has 0 aliphatic heterocycles. The monoisotopic (exact) mass is 582 g/mol. The first-order valence-corrected chi connectivity index (χ1v) is 15.0. The fourth-order valence-corrected chi connectivity index (χ4v) is 6.19. The van der Waals surface area contributed by atoms with Crippen LogP contribution < -0.4 is 10.6 Å². The number of hydrogen-bond acceptors (Lipinski definition) is 6. The normalized spacial score (nSPS) is 11.0. The van der Waals surface area contributed by atoms with Crippen LogP contribution >= 0.6 is 22.7 Å². The van der Waals surface area contributed by atoms with Crippen LogP contribution in [0.4, 0.5) is 10.3 Å². The predicted molar refractivity (Wildman–Crippen MR) is 172 cm³/mol. The van der Waals surface area contributed by atoms with E-state index in [1.807, 2.05) is 47.2 Å². The van der Waals surface area contributed by atoms with Gasteiger partial charge in [0.05, 0.1) is 11.4 Å². The topological polar surface area (TPSA) is 84.0 Å². The summed E-state index contributed by atoms with van der Waals surface area (Å²) in [7, 11) is 0. The summed E-state index contributed by atoms with van der Waals surface area (Å²) >= 11 is 2.71. The van der Waals surface area contributed by atoms with Crippen molar-refractivity contribution in [1.29, 1.82) is 0 Å². The molecule has 0 bridgehead atoms. The number of rotatable bonds is 6. The first-order chi connectivity index (χ1) is 20.6. The summed E-state index contributed by atoms with van der Waals surface area (Å²) in [6.45, 7) is 0.